The summed E-state index contributed by atoms with van der Waals surface area (Å²) in [6.45, 7) is 4.22. The molecule has 2 aromatic heterocycles. The van der Waals surface area contributed by atoms with Gasteiger partial charge in [-0.2, -0.15) is 0 Å². The van der Waals surface area contributed by atoms with Gasteiger partial charge in [0.1, 0.15) is 5.65 Å². The van der Waals surface area contributed by atoms with Gasteiger partial charge in [-0.1, -0.05) is 44.2 Å². The van der Waals surface area contributed by atoms with Gasteiger partial charge in [0.2, 0.25) is 0 Å². The largest absolute Gasteiger partial charge is 0.332 e. The molecule has 4 rings (SSSR count). The highest BCUT2D eigenvalue weighted by molar-refractivity contribution is 6.02. The fourth-order valence-electron chi connectivity index (χ4n) is 3.91. The van der Waals surface area contributed by atoms with Crippen LogP contribution in [0.25, 0.3) is 11.0 Å². The average Bonchev–Trinajstić information content (AvgIpc) is 2.62. The summed E-state index contributed by atoms with van der Waals surface area (Å²) in [4.78, 5) is 42.9. The van der Waals surface area contributed by atoms with Crippen molar-refractivity contribution in [2.75, 3.05) is 0 Å². The monoisotopic (exact) mass is 363 g/mol. The van der Waals surface area contributed by atoms with Crippen molar-refractivity contribution in [3.8, 4) is 0 Å². The van der Waals surface area contributed by atoms with E-state index in [1.807, 2.05) is 44.2 Å². The number of hydrogen-bond acceptors (Lipinski definition) is 4. The first-order valence-electron chi connectivity index (χ1n) is 8.97. The number of rotatable bonds is 2. The molecule has 1 aromatic carbocycles. The van der Waals surface area contributed by atoms with Gasteiger partial charge in [0, 0.05) is 25.2 Å². The minimum absolute atomic E-state index is 0.00138. The van der Waals surface area contributed by atoms with Crippen LogP contribution in [0.1, 0.15) is 41.8 Å². The van der Waals surface area contributed by atoms with Crippen molar-refractivity contribution >= 4 is 16.8 Å². The Labute approximate surface area is 156 Å². The van der Waals surface area contributed by atoms with E-state index in [0.29, 0.717) is 35.0 Å². The van der Waals surface area contributed by atoms with Crippen LogP contribution in [-0.4, -0.2) is 19.9 Å². The maximum atomic E-state index is 13.3. The van der Waals surface area contributed by atoms with Crippen LogP contribution in [0, 0.1) is 5.41 Å². The molecule has 0 spiro atoms. The summed E-state index contributed by atoms with van der Waals surface area (Å²) in [7, 11) is 1.61. The molecule has 0 amide bonds. The second-order valence-electron chi connectivity index (χ2n) is 8.01. The number of aryl methyl sites for hydroxylation is 1. The SMILES string of the molecule is Cn1c(=O)n(Cc2ccccc2)c(=O)c2c3c(cnc21)C(=O)CC(C)(C)C3. The highest BCUT2D eigenvalue weighted by Gasteiger charge is 2.33. The molecular formula is C21H21N3O3. The molecular weight excluding hydrogens is 342 g/mol. The van der Waals surface area contributed by atoms with Crippen LogP contribution in [0.2, 0.25) is 0 Å². The number of pyridine rings is 1. The van der Waals surface area contributed by atoms with Gasteiger partial charge in [-0.05, 0) is 23.0 Å². The van der Waals surface area contributed by atoms with Gasteiger partial charge in [0.15, 0.2) is 5.78 Å². The Balaban J connectivity index is 2.04. The fourth-order valence-corrected chi connectivity index (χ4v) is 3.91. The van der Waals surface area contributed by atoms with Gasteiger partial charge >= 0.3 is 5.69 Å². The zero-order valence-electron chi connectivity index (χ0n) is 15.7. The highest BCUT2D eigenvalue weighted by Crippen LogP contribution is 2.36. The van der Waals surface area contributed by atoms with Gasteiger partial charge in [-0.25, -0.2) is 9.78 Å². The van der Waals surface area contributed by atoms with E-state index in [1.165, 1.54) is 15.3 Å². The summed E-state index contributed by atoms with van der Waals surface area (Å²) in [6, 6.07) is 9.38. The molecule has 1 aliphatic rings. The lowest BCUT2D eigenvalue weighted by molar-refractivity contribution is 0.0912. The van der Waals surface area contributed by atoms with Crippen LogP contribution < -0.4 is 11.2 Å². The molecule has 6 nitrogen and oxygen atoms in total. The molecule has 0 aliphatic heterocycles. The van der Waals surface area contributed by atoms with E-state index in [2.05, 4.69) is 4.98 Å². The number of hydrogen-bond donors (Lipinski definition) is 0. The quantitative estimate of drug-likeness (QED) is 0.700. The summed E-state index contributed by atoms with van der Waals surface area (Å²) in [6.07, 6.45) is 2.54. The predicted octanol–water partition coefficient (Wildman–Crippen LogP) is 2.30. The first-order valence-corrected chi connectivity index (χ1v) is 8.97. The van der Waals surface area contributed by atoms with Gasteiger partial charge < -0.3 is 0 Å². The number of nitrogens with zero attached hydrogens (tertiary/aromatic N) is 3. The first kappa shape index (κ1) is 17.4. The number of aromatic nitrogens is 3. The molecule has 6 heteroatoms. The van der Waals surface area contributed by atoms with Gasteiger partial charge in [0.05, 0.1) is 11.9 Å². The topological polar surface area (TPSA) is 74.0 Å². The van der Waals surface area contributed by atoms with E-state index in [9.17, 15) is 14.4 Å². The molecule has 0 saturated carbocycles. The lowest BCUT2D eigenvalue weighted by Gasteiger charge is -2.30. The van der Waals surface area contributed by atoms with E-state index in [-0.39, 0.29) is 23.3 Å². The lowest BCUT2D eigenvalue weighted by Crippen LogP contribution is -2.41. The van der Waals surface area contributed by atoms with E-state index < -0.39 is 5.69 Å². The Morgan fingerprint density at radius 2 is 1.78 bits per heavy atom. The Morgan fingerprint density at radius 1 is 1.07 bits per heavy atom. The number of fused-ring (bicyclic) bond motifs is 3. The van der Waals surface area contributed by atoms with Crippen molar-refractivity contribution in [2.45, 2.75) is 33.2 Å². The third kappa shape index (κ3) is 2.81. The lowest BCUT2D eigenvalue weighted by atomic mass is 9.73. The number of carbonyl (C=O) groups excluding carboxylic acids is 1. The number of benzene rings is 1. The molecule has 138 valence electrons. The third-order valence-electron chi connectivity index (χ3n) is 5.24. The van der Waals surface area contributed by atoms with Crippen molar-refractivity contribution < 1.29 is 4.79 Å². The van der Waals surface area contributed by atoms with Crippen LogP contribution in [0.5, 0.6) is 0 Å². The van der Waals surface area contributed by atoms with Crippen molar-refractivity contribution in [3.63, 3.8) is 0 Å². The molecule has 0 unspecified atom stereocenters. The van der Waals surface area contributed by atoms with E-state index in [4.69, 9.17) is 0 Å². The molecule has 0 saturated heterocycles. The predicted molar refractivity (Wildman–Crippen MR) is 103 cm³/mol. The second-order valence-corrected chi connectivity index (χ2v) is 8.01. The van der Waals surface area contributed by atoms with E-state index in [1.54, 1.807) is 7.05 Å². The molecule has 1 aliphatic carbocycles. The zero-order chi connectivity index (χ0) is 19.3. The van der Waals surface area contributed by atoms with Crippen LogP contribution in [-0.2, 0) is 20.0 Å². The van der Waals surface area contributed by atoms with E-state index in [0.717, 1.165) is 5.56 Å². The Hall–Kier alpha value is -3.02. The molecule has 0 fully saturated rings. The Morgan fingerprint density at radius 3 is 2.48 bits per heavy atom. The van der Waals surface area contributed by atoms with E-state index >= 15 is 0 Å². The van der Waals surface area contributed by atoms with Crippen LogP contribution >= 0.6 is 0 Å². The summed E-state index contributed by atoms with van der Waals surface area (Å²) < 4.78 is 2.62. The normalized spacial score (nSPS) is 15.7. The minimum atomic E-state index is -0.412. The van der Waals surface area contributed by atoms with Crippen LogP contribution in [0.15, 0.2) is 46.1 Å². The Bertz CT molecular complexity index is 1190. The fraction of sp³-hybridized carbons (Fsp3) is 0.333. The van der Waals surface area contributed by atoms with Crippen LogP contribution in [0.3, 0.4) is 0 Å². The Kier molecular flexibility index (Phi) is 3.87. The molecule has 3 aromatic rings. The maximum Gasteiger partial charge on any atom is 0.332 e. The first-order chi connectivity index (χ1) is 12.8. The van der Waals surface area contributed by atoms with Gasteiger partial charge in [-0.3, -0.25) is 18.7 Å². The molecule has 2 heterocycles. The minimum Gasteiger partial charge on any atom is -0.294 e. The number of Topliss-reactive ketones (excluding diaryl/α,β-unsaturated/α-hetero) is 1. The molecule has 0 N–H and O–H groups in total. The zero-order valence-corrected chi connectivity index (χ0v) is 15.7. The molecule has 0 radical (unpaired) electrons. The molecule has 27 heavy (non-hydrogen) atoms. The number of ketones is 1. The summed E-state index contributed by atoms with van der Waals surface area (Å²) >= 11 is 0. The molecule has 0 bridgehead atoms. The van der Waals surface area contributed by atoms with Crippen LogP contribution in [0.4, 0.5) is 0 Å². The second kappa shape index (κ2) is 6.01. The van der Waals surface area contributed by atoms with Crippen molar-refractivity contribution in [1.29, 1.82) is 0 Å². The van der Waals surface area contributed by atoms with Crippen molar-refractivity contribution in [2.24, 2.45) is 12.5 Å². The molecule has 0 atom stereocenters. The average molecular weight is 363 g/mol. The summed E-state index contributed by atoms with van der Waals surface area (Å²) in [5, 5.41) is 0.381. The van der Waals surface area contributed by atoms with Gasteiger partial charge in [-0.15, -0.1) is 0 Å². The van der Waals surface area contributed by atoms with Gasteiger partial charge in [0.25, 0.3) is 5.56 Å². The van der Waals surface area contributed by atoms with Crippen molar-refractivity contribution in [1.82, 2.24) is 14.1 Å². The van der Waals surface area contributed by atoms with Crippen molar-refractivity contribution in [3.05, 3.63) is 74.1 Å². The summed E-state index contributed by atoms with van der Waals surface area (Å²) in [5.41, 5.74) is 1.39. The summed E-state index contributed by atoms with van der Waals surface area (Å²) in [5.74, 6) is -0.00138. The highest BCUT2D eigenvalue weighted by atomic mass is 16.2. The standard InChI is InChI=1S/C21H21N3O3/c1-21(2)9-14-15(16(25)10-21)11-22-18-17(14)19(26)24(20(27)23(18)3)12-13-7-5-4-6-8-13/h4-8,11H,9-10,12H2,1-3H3. The maximum absolute atomic E-state index is 13.3. The third-order valence-corrected chi connectivity index (χ3v) is 5.24. The number of carbonyl (C=O) groups is 1. The smallest absolute Gasteiger partial charge is 0.294 e.